The molecule has 2 amide bonds. The lowest BCUT2D eigenvalue weighted by Gasteiger charge is -2.38. The third-order valence-corrected chi connectivity index (χ3v) is 4.68. The Labute approximate surface area is 121 Å². The molecule has 5 heteroatoms. The summed E-state index contributed by atoms with van der Waals surface area (Å²) in [5.74, 6) is 1.81. The molecule has 0 radical (unpaired) electrons. The summed E-state index contributed by atoms with van der Waals surface area (Å²) >= 11 is 0. The van der Waals surface area contributed by atoms with E-state index in [2.05, 4.69) is 36.7 Å². The van der Waals surface area contributed by atoms with Crippen molar-refractivity contribution in [3.8, 4) is 0 Å². The maximum absolute atomic E-state index is 12.3. The molecule has 1 saturated carbocycles. The number of hydrogen-bond acceptors (Lipinski definition) is 3. The number of hydrogen-bond donors (Lipinski definition) is 3. The first-order valence-corrected chi connectivity index (χ1v) is 7.77. The van der Waals surface area contributed by atoms with Gasteiger partial charge < -0.3 is 10.6 Å². The van der Waals surface area contributed by atoms with E-state index in [-0.39, 0.29) is 30.4 Å². The number of piperazine rings is 1. The molecule has 3 N–H and O–H groups in total. The van der Waals surface area contributed by atoms with Crippen molar-refractivity contribution in [1.29, 1.82) is 0 Å². The van der Waals surface area contributed by atoms with Crippen molar-refractivity contribution in [3.63, 3.8) is 0 Å². The Kier molecular flexibility index (Phi) is 5.02. The average Bonchev–Trinajstić information content (AvgIpc) is 2.39. The van der Waals surface area contributed by atoms with E-state index >= 15 is 0 Å². The summed E-state index contributed by atoms with van der Waals surface area (Å²) in [6.07, 6.45) is 3.51. The van der Waals surface area contributed by atoms with E-state index < -0.39 is 0 Å². The Balaban J connectivity index is 1.92. The van der Waals surface area contributed by atoms with Gasteiger partial charge >= 0.3 is 0 Å². The lowest BCUT2D eigenvalue weighted by molar-refractivity contribution is -0.127. The standard InChI is InChI=1S/C15H27N3O2/c1-9(2)11-5-4-10(3)6-12(11)18-15(20)13-7-17-14(19)8-16-13/h9-13,16H,4-8H2,1-3H3,(H,17,19)(H,18,20). The maximum atomic E-state index is 12.3. The summed E-state index contributed by atoms with van der Waals surface area (Å²) in [7, 11) is 0. The van der Waals surface area contributed by atoms with E-state index in [0.29, 0.717) is 24.3 Å². The minimum absolute atomic E-state index is 0.0229. The number of amides is 2. The molecule has 2 rings (SSSR count). The zero-order valence-electron chi connectivity index (χ0n) is 12.7. The van der Waals surface area contributed by atoms with Crippen molar-refractivity contribution in [2.24, 2.45) is 17.8 Å². The first kappa shape index (κ1) is 15.3. The highest BCUT2D eigenvalue weighted by atomic mass is 16.2. The number of carbonyl (C=O) groups is 2. The molecule has 1 heterocycles. The van der Waals surface area contributed by atoms with Gasteiger partial charge in [0.05, 0.1) is 6.54 Å². The summed E-state index contributed by atoms with van der Waals surface area (Å²) in [6, 6.07) is -0.0246. The van der Waals surface area contributed by atoms with Crippen LogP contribution in [0.3, 0.4) is 0 Å². The highest BCUT2D eigenvalue weighted by molar-refractivity contribution is 5.86. The topological polar surface area (TPSA) is 70.2 Å². The van der Waals surface area contributed by atoms with Crippen LogP contribution in [0.25, 0.3) is 0 Å². The van der Waals surface area contributed by atoms with E-state index in [0.717, 1.165) is 6.42 Å². The molecule has 2 fully saturated rings. The SMILES string of the molecule is CC1CCC(C(C)C)C(NC(=O)C2CNC(=O)CN2)C1. The van der Waals surface area contributed by atoms with Crippen molar-refractivity contribution in [2.45, 2.75) is 52.1 Å². The molecule has 0 aromatic rings. The van der Waals surface area contributed by atoms with Crippen LogP contribution in [0.4, 0.5) is 0 Å². The van der Waals surface area contributed by atoms with Crippen LogP contribution in [0.5, 0.6) is 0 Å². The van der Waals surface area contributed by atoms with Gasteiger partial charge in [0.15, 0.2) is 0 Å². The van der Waals surface area contributed by atoms with Crippen molar-refractivity contribution in [3.05, 3.63) is 0 Å². The number of nitrogens with one attached hydrogen (secondary N) is 3. The second-order valence-electron chi connectivity index (χ2n) is 6.68. The maximum Gasteiger partial charge on any atom is 0.239 e. The largest absolute Gasteiger partial charge is 0.353 e. The number of carbonyl (C=O) groups excluding carboxylic acids is 2. The van der Waals surface area contributed by atoms with Crippen LogP contribution in [0, 0.1) is 17.8 Å². The second kappa shape index (κ2) is 6.57. The van der Waals surface area contributed by atoms with Crippen LogP contribution in [-0.4, -0.2) is 37.0 Å². The Morgan fingerprint density at radius 3 is 2.70 bits per heavy atom. The van der Waals surface area contributed by atoms with Gasteiger partial charge in [-0.25, -0.2) is 0 Å². The van der Waals surface area contributed by atoms with E-state index in [4.69, 9.17) is 0 Å². The third-order valence-electron chi connectivity index (χ3n) is 4.68. The van der Waals surface area contributed by atoms with Gasteiger partial charge in [0.25, 0.3) is 0 Å². The fourth-order valence-electron chi connectivity index (χ4n) is 3.40. The highest BCUT2D eigenvalue weighted by Gasteiger charge is 2.33. The van der Waals surface area contributed by atoms with Crippen LogP contribution in [-0.2, 0) is 9.59 Å². The van der Waals surface area contributed by atoms with Crippen LogP contribution < -0.4 is 16.0 Å². The number of rotatable bonds is 3. The molecule has 1 saturated heterocycles. The smallest absolute Gasteiger partial charge is 0.239 e. The van der Waals surface area contributed by atoms with E-state index in [1.54, 1.807) is 0 Å². The monoisotopic (exact) mass is 281 g/mol. The van der Waals surface area contributed by atoms with Crippen LogP contribution >= 0.6 is 0 Å². The molecule has 1 aliphatic heterocycles. The normalized spacial score (nSPS) is 34.7. The second-order valence-corrected chi connectivity index (χ2v) is 6.68. The van der Waals surface area contributed by atoms with E-state index in [1.807, 2.05) is 0 Å². The summed E-state index contributed by atoms with van der Waals surface area (Å²) in [4.78, 5) is 23.4. The van der Waals surface area contributed by atoms with Gasteiger partial charge in [-0.05, 0) is 30.6 Å². The van der Waals surface area contributed by atoms with Crippen LogP contribution in [0.1, 0.15) is 40.0 Å². The Hall–Kier alpha value is -1.10. The first-order chi connectivity index (χ1) is 9.47. The average molecular weight is 281 g/mol. The van der Waals surface area contributed by atoms with Crippen LogP contribution in [0.15, 0.2) is 0 Å². The third kappa shape index (κ3) is 3.72. The minimum Gasteiger partial charge on any atom is -0.353 e. The molecule has 114 valence electrons. The molecule has 4 atom stereocenters. The minimum atomic E-state index is -0.294. The molecular weight excluding hydrogens is 254 g/mol. The molecule has 2 aliphatic rings. The molecular formula is C15H27N3O2. The molecule has 5 nitrogen and oxygen atoms in total. The zero-order chi connectivity index (χ0) is 14.7. The summed E-state index contributed by atoms with van der Waals surface area (Å²) in [6.45, 7) is 7.35. The molecule has 0 aromatic heterocycles. The van der Waals surface area contributed by atoms with Gasteiger partial charge in [0.2, 0.25) is 11.8 Å². The van der Waals surface area contributed by atoms with Crippen molar-refractivity contribution in [1.82, 2.24) is 16.0 Å². The fraction of sp³-hybridized carbons (Fsp3) is 0.867. The van der Waals surface area contributed by atoms with Gasteiger partial charge in [0.1, 0.15) is 6.04 Å². The quantitative estimate of drug-likeness (QED) is 0.711. The van der Waals surface area contributed by atoms with Crippen molar-refractivity contribution in [2.75, 3.05) is 13.1 Å². The lowest BCUT2D eigenvalue weighted by atomic mass is 9.74. The van der Waals surface area contributed by atoms with Gasteiger partial charge in [-0.15, -0.1) is 0 Å². The highest BCUT2D eigenvalue weighted by Crippen LogP contribution is 2.33. The molecule has 0 aromatic carbocycles. The van der Waals surface area contributed by atoms with Crippen molar-refractivity contribution >= 4 is 11.8 Å². The molecule has 1 aliphatic carbocycles. The molecule has 0 bridgehead atoms. The van der Waals surface area contributed by atoms with E-state index in [1.165, 1.54) is 12.8 Å². The zero-order valence-corrected chi connectivity index (χ0v) is 12.7. The Morgan fingerprint density at radius 2 is 2.10 bits per heavy atom. The molecule has 20 heavy (non-hydrogen) atoms. The molecule has 4 unspecified atom stereocenters. The Morgan fingerprint density at radius 1 is 1.35 bits per heavy atom. The van der Waals surface area contributed by atoms with E-state index in [9.17, 15) is 9.59 Å². The van der Waals surface area contributed by atoms with Crippen LogP contribution in [0.2, 0.25) is 0 Å². The van der Waals surface area contributed by atoms with Gasteiger partial charge in [-0.1, -0.05) is 27.2 Å². The van der Waals surface area contributed by atoms with Gasteiger partial charge in [-0.2, -0.15) is 0 Å². The molecule has 0 spiro atoms. The Bertz CT molecular complexity index is 360. The first-order valence-electron chi connectivity index (χ1n) is 7.77. The summed E-state index contributed by atoms with van der Waals surface area (Å²) in [5.41, 5.74) is 0. The fourth-order valence-corrected chi connectivity index (χ4v) is 3.40. The summed E-state index contributed by atoms with van der Waals surface area (Å²) in [5, 5.41) is 8.93. The van der Waals surface area contributed by atoms with Crippen molar-refractivity contribution < 1.29 is 9.59 Å². The van der Waals surface area contributed by atoms with Gasteiger partial charge in [0, 0.05) is 12.6 Å². The predicted octanol–water partition coefficient (Wildman–Crippen LogP) is 0.651. The van der Waals surface area contributed by atoms with Gasteiger partial charge in [-0.3, -0.25) is 14.9 Å². The lowest BCUT2D eigenvalue weighted by Crippen LogP contribution is -2.60. The predicted molar refractivity (Wildman–Crippen MR) is 78.1 cm³/mol. The summed E-state index contributed by atoms with van der Waals surface area (Å²) < 4.78 is 0.